The highest BCUT2D eigenvalue weighted by molar-refractivity contribution is 5.52. The van der Waals surface area contributed by atoms with E-state index in [-0.39, 0.29) is 0 Å². The molecule has 3 heterocycles. The van der Waals surface area contributed by atoms with Gasteiger partial charge in [-0.15, -0.1) is 0 Å². The number of nitrogens with zero attached hydrogens (tertiary/aromatic N) is 6. The van der Waals surface area contributed by atoms with Gasteiger partial charge >= 0.3 is 0 Å². The molecule has 0 aromatic carbocycles. The van der Waals surface area contributed by atoms with Crippen LogP contribution in [0.25, 0.3) is 0 Å². The molecule has 116 valence electrons. The number of hydrogen-bond acceptors (Lipinski definition) is 7. The second-order valence-corrected chi connectivity index (χ2v) is 6.03. The van der Waals surface area contributed by atoms with Gasteiger partial charge in [-0.2, -0.15) is 9.97 Å². The topological polar surface area (TPSA) is 64.8 Å². The van der Waals surface area contributed by atoms with E-state index in [9.17, 15) is 0 Å². The first-order valence-corrected chi connectivity index (χ1v) is 7.63. The number of hydrogen-bond donors (Lipinski definition) is 1. The van der Waals surface area contributed by atoms with Crippen molar-refractivity contribution in [3.05, 3.63) is 6.07 Å². The molecule has 0 atom stereocenters. The lowest BCUT2D eigenvalue weighted by Gasteiger charge is -2.35. The Hall–Kier alpha value is -1.60. The smallest absolute Gasteiger partial charge is 0.229 e. The van der Waals surface area contributed by atoms with Crippen LogP contribution in [0.5, 0.6) is 0 Å². The zero-order valence-corrected chi connectivity index (χ0v) is 13.0. The Kier molecular flexibility index (Phi) is 4.12. The molecule has 2 fully saturated rings. The number of nitrogens with two attached hydrogens (primary N) is 1. The van der Waals surface area contributed by atoms with Gasteiger partial charge in [0, 0.05) is 58.4 Å². The van der Waals surface area contributed by atoms with Gasteiger partial charge < -0.3 is 25.3 Å². The Balaban J connectivity index is 1.76. The molecule has 21 heavy (non-hydrogen) atoms. The molecule has 7 nitrogen and oxygen atoms in total. The normalized spacial score (nSPS) is 21.8. The number of piperazine rings is 2. The lowest BCUT2D eigenvalue weighted by atomic mass is 10.3. The van der Waals surface area contributed by atoms with Gasteiger partial charge in [-0.1, -0.05) is 0 Å². The molecule has 0 unspecified atom stereocenters. The van der Waals surface area contributed by atoms with Crippen molar-refractivity contribution < 1.29 is 0 Å². The predicted molar refractivity (Wildman–Crippen MR) is 85.9 cm³/mol. The second-order valence-electron chi connectivity index (χ2n) is 6.03. The average Bonchev–Trinajstić information content (AvgIpc) is 2.48. The van der Waals surface area contributed by atoms with Crippen LogP contribution in [0.1, 0.15) is 0 Å². The molecular formula is C14H25N7. The Morgan fingerprint density at radius 1 is 0.810 bits per heavy atom. The van der Waals surface area contributed by atoms with E-state index >= 15 is 0 Å². The molecule has 0 radical (unpaired) electrons. The van der Waals surface area contributed by atoms with Gasteiger partial charge in [0.15, 0.2) is 0 Å². The highest BCUT2D eigenvalue weighted by Gasteiger charge is 2.20. The van der Waals surface area contributed by atoms with Crippen molar-refractivity contribution >= 4 is 17.6 Å². The van der Waals surface area contributed by atoms with E-state index in [0.29, 0.717) is 5.82 Å². The van der Waals surface area contributed by atoms with Gasteiger partial charge in [-0.05, 0) is 14.1 Å². The molecule has 2 N–H and O–H groups in total. The fraction of sp³-hybridized carbons (Fsp3) is 0.714. The summed E-state index contributed by atoms with van der Waals surface area (Å²) < 4.78 is 0. The SMILES string of the molecule is CN1CCN(c2cc(N)nc(N3CCN(C)CC3)n2)CC1. The molecule has 1 aromatic heterocycles. The summed E-state index contributed by atoms with van der Waals surface area (Å²) in [5.41, 5.74) is 6.00. The molecule has 0 amide bonds. The van der Waals surface area contributed by atoms with Crippen molar-refractivity contribution in [1.82, 2.24) is 19.8 Å². The third kappa shape index (κ3) is 3.36. The van der Waals surface area contributed by atoms with Crippen molar-refractivity contribution in [1.29, 1.82) is 0 Å². The summed E-state index contributed by atoms with van der Waals surface area (Å²) in [6, 6.07) is 1.89. The van der Waals surface area contributed by atoms with Gasteiger partial charge in [0.05, 0.1) is 0 Å². The minimum atomic E-state index is 0.563. The van der Waals surface area contributed by atoms with Crippen LogP contribution in [0.4, 0.5) is 17.6 Å². The summed E-state index contributed by atoms with van der Waals surface area (Å²) in [7, 11) is 4.30. The number of likely N-dealkylation sites (N-methyl/N-ethyl adjacent to an activating group) is 2. The highest BCUT2D eigenvalue weighted by Crippen LogP contribution is 2.20. The van der Waals surface area contributed by atoms with Crippen LogP contribution in [0, 0.1) is 0 Å². The average molecular weight is 291 g/mol. The summed E-state index contributed by atoms with van der Waals surface area (Å²) in [4.78, 5) is 18.4. The summed E-state index contributed by atoms with van der Waals surface area (Å²) in [5.74, 6) is 2.30. The Morgan fingerprint density at radius 3 is 1.90 bits per heavy atom. The Morgan fingerprint density at radius 2 is 1.33 bits per heavy atom. The lowest BCUT2D eigenvalue weighted by molar-refractivity contribution is 0.309. The quantitative estimate of drug-likeness (QED) is 0.792. The van der Waals surface area contributed by atoms with Crippen LogP contribution in [0.2, 0.25) is 0 Å². The first kappa shape index (κ1) is 14.3. The third-order valence-electron chi connectivity index (χ3n) is 4.33. The van der Waals surface area contributed by atoms with Crippen molar-refractivity contribution in [2.45, 2.75) is 0 Å². The molecule has 0 spiro atoms. The monoisotopic (exact) mass is 291 g/mol. The zero-order valence-electron chi connectivity index (χ0n) is 13.0. The molecule has 2 saturated heterocycles. The molecule has 0 bridgehead atoms. The minimum absolute atomic E-state index is 0.563. The number of nitrogen functional groups attached to an aromatic ring is 1. The maximum Gasteiger partial charge on any atom is 0.229 e. The maximum atomic E-state index is 6.00. The van der Waals surface area contributed by atoms with Crippen molar-refractivity contribution in [3.8, 4) is 0 Å². The van der Waals surface area contributed by atoms with E-state index in [1.165, 1.54) is 0 Å². The first-order chi connectivity index (χ1) is 10.1. The van der Waals surface area contributed by atoms with Gasteiger partial charge in [0.25, 0.3) is 0 Å². The lowest BCUT2D eigenvalue weighted by Crippen LogP contribution is -2.46. The standard InChI is InChI=1S/C14H25N7/c1-18-3-7-20(8-4-18)13-11-12(15)16-14(17-13)21-9-5-19(2)6-10-21/h11H,3-10H2,1-2H3,(H2,15,16,17). The number of aromatic nitrogens is 2. The van der Waals surface area contributed by atoms with Crippen LogP contribution in [-0.2, 0) is 0 Å². The number of anilines is 3. The van der Waals surface area contributed by atoms with Crippen LogP contribution >= 0.6 is 0 Å². The van der Waals surface area contributed by atoms with E-state index in [2.05, 4.69) is 38.7 Å². The maximum absolute atomic E-state index is 6.00. The fourth-order valence-corrected chi connectivity index (χ4v) is 2.79. The van der Waals surface area contributed by atoms with Gasteiger partial charge in [-0.3, -0.25) is 0 Å². The minimum Gasteiger partial charge on any atom is -0.383 e. The summed E-state index contributed by atoms with van der Waals surface area (Å²) in [6.07, 6.45) is 0. The van der Waals surface area contributed by atoms with Crippen molar-refractivity contribution in [2.75, 3.05) is 82.0 Å². The van der Waals surface area contributed by atoms with Crippen LogP contribution in [0.15, 0.2) is 6.07 Å². The second kappa shape index (κ2) is 6.03. The molecule has 1 aromatic rings. The Bertz CT molecular complexity index is 436. The molecule has 2 aliphatic rings. The van der Waals surface area contributed by atoms with Gasteiger partial charge in [0.2, 0.25) is 5.95 Å². The van der Waals surface area contributed by atoms with Crippen molar-refractivity contribution in [2.24, 2.45) is 0 Å². The molecule has 7 heteroatoms. The van der Waals surface area contributed by atoms with Gasteiger partial charge in [0.1, 0.15) is 11.6 Å². The molecule has 3 rings (SSSR count). The van der Waals surface area contributed by atoms with E-state index < -0.39 is 0 Å². The Labute approximate surface area is 126 Å². The summed E-state index contributed by atoms with van der Waals surface area (Å²) in [6.45, 7) is 8.13. The molecule has 0 aliphatic carbocycles. The van der Waals surface area contributed by atoms with E-state index in [4.69, 9.17) is 10.7 Å². The van der Waals surface area contributed by atoms with E-state index in [1.54, 1.807) is 0 Å². The molecule has 0 saturated carbocycles. The van der Waals surface area contributed by atoms with Crippen LogP contribution in [-0.4, -0.2) is 86.2 Å². The molecular weight excluding hydrogens is 266 g/mol. The van der Waals surface area contributed by atoms with Gasteiger partial charge in [-0.25, -0.2) is 0 Å². The largest absolute Gasteiger partial charge is 0.383 e. The zero-order chi connectivity index (χ0) is 14.8. The highest BCUT2D eigenvalue weighted by atomic mass is 15.3. The fourth-order valence-electron chi connectivity index (χ4n) is 2.79. The number of rotatable bonds is 2. The summed E-state index contributed by atoms with van der Waals surface area (Å²) in [5, 5.41) is 0. The van der Waals surface area contributed by atoms with E-state index in [1.807, 2.05) is 6.07 Å². The predicted octanol–water partition coefficient (Wildman–Crippen LogP) is -0.438. The third-order valence-corrected chi connectivity index (χ3v) is 4.33. The molecule has 2 aliphatic heterocycles. The first-order valence-electron chi connectivity index (χ1n) is 7.63. The summed E-state index contributed by atoms with van der Waals surface area (Å²) >= 11 is 0. The van der Waals surface area contributed by atoms with E-state index in [0.717, 1.165) is 64.1 Å². The van der Waals surface area contributed by atoms with Crippen LogP contribution in [0.3, 0.4) is 0 Å². The van der Waals surface area contributed by atoms with Crippen LogP contribution < -0.4 is 15.5 Å². The van der Waals surface area contributed by atoms with Crippen molar-refractivity contribution in [3.63, 3.8) is 0 Å².